The Bertz CT molecular complexity index is 1450. The van der Waals surface area contributed by atoms with E-state index in [1.807, 2.05) is 30.3 Å². The van der Waals surface area contributed by atoms with Gasteiger partial charge < -0.3 is 4.98 Å². The van der Waals surface area contributed by atoms with Crippen LogP contribution in [-0.4, -0.2) is 36.0 Å². The lowest BCUT2D eigenvalue weighted by Gasteiger charge is -2.27. The van der Waals surface area contributed by atoms with E-state index in [1.165, 1.54) is 16.7 Å². The summed E-state index contributed by atoms with van der Waals surface area (Å²) in [5.41, 5.74) is 1.93. The van der Waals surface area contributed by atoms with Gasteiger partial charge in [0.25, 0.3) is 5.56 Å². The summed E-state index contributed by atoms with van der Waals surface area (Å²) in [5.74, 6) is 6.27. The molecule has 2 aromatic carbocycles. The number of aromatic nitrogens is 2. The molecule has 8 nitrogen and oxygen atoms in total. The number of hydrogen-bond donors (Lipinski definition) is 2. The van der Waals surface area contributed by atoms with Gasteiger partial charge in [-0.25, -0.2) is 18.4 Å². The van der Waals surface area contributed by atoms with Gasteiger partial charge in [-0.15, -0.1) is 0 Å². The van der Waals surface area contributed by atoms with E-state index in [2.05, 4.69) is 21.7 Å². The Hall–Kier alpha value is -3.45. The van der Waals surface area contributed by atoms with Crippen molar-refractivity contribution in [1.82, 2.24) is 14.5 Å². The zero-order chi connectivity index (χ0) is 23.6. The predicted octanol–water partition coefficient (Wildman–Crippen LogP) is 1.20. The predicted molar refractivity (Wildman–Crippen MR) is 125 cm³/mol. The molecule has 33 heavy (non-hydrogen) atoms. The fourth-order valence-corrected chi connectivity index (χ4v) is 4.44. The van der Waals surface area contributed by atoms with Gasteiger partial charge in [0.15, 0.2) is 0 Å². The molecule has 1 aliphatic heterocycles. The van der Waals surface area contributed by atoms with Gasteiger partial charge in [-0.3, -0.25) is 14.3 Å². The Labute approximate surface area is 191 Å². The SMILES string of the molecule is CC(c1ccc(S(N)(=O)=O)cc1)n1c(=O)[nH]c2c(c1=O)CN(CC#Cc1ccccc1)CC2. The molecule has 3 N–H and O–H groups in total. The fourth-order valence-electron chi connectivity index (χ4n) is 3.93. The maximum absolute atomic E-state index is 13.3. The van der Waals surface area contributed by atoms with Crippen LogP contribution in [0.4, 0.5) is 0 Å². The van der Waals surface area contributed by atoms with Gasteiger partial charge in [0.05, 0.1) is 23.0 Å². The first-order valence-electron chi connectivity index (χ1n) is 10.5. The maximum atomic E-state index is 13.3. The summed E-state index contributed by atoms with van der Waals surface area (Å²) in [6.07, 6.45) is 0.561. The van der Waals surface area contributed by atoms with Crippen molar-refractivity contribution in [3.63, 3.8) is 0 Å². The lowest BCUT2D eigenvalue weighted by atomic mass is 10.1. The standard InChI is InChI=1S/C24H24N4O4S/c1-17(19-9-11-20(12-10-19)33(25,31)32)28-23(29)21-16-27(15-13-22(21)26-24(28)30)14-5-8-18-6-3-2-4-7-18/h2-4,6-7,9-12,17H,13-16H2,1H3,(H,26,30)(H2,25,31,32). The lowest BCUT2D eigenvalue weighted by Crippen LogP contribution is -2.45. The summed E-state index contributed by atoms with van der Waals surface area (Å²) in [4.78, 5) is 30.9. The van der Waals surface area contributed by atoms with Crippen LogP contribution in [0.3, 0.4) is 0 Å². The second kappa shape index (κ2) is 9.19. The molecule has 4 rings (SSSR count). The maximum Gasteiger partial charge on any atom is 0.329 e. The summed E-state index contributed by atoms with van der Waals surface area (Å²) in [6.45, 7) is 3.32. The molecule has 3 aromatic rings. The van der Waals surface area contributed by atoms with E-state index in [4.69, 9.17) is 5.14 Å². The number of H-pyrrole nitrogens is 1. The number of nitrogens with one attached hydrogen (secondary N) is 1. The number of benzene rings is 2. The number of primary sulfonamides is 1. The third-order valence-electron chi connectivity index (χ3n) is 5.77. The average Bonchev–Trinajstić information content (AvgIpc) is 2.79. The molecule has 0 radical (unpaired) electrons. The van der Waals surface area contributed by atoms with Crippen LogP contribution in [0.5, 0.6) is 0 Å². The van der Waals surface area contributed by atoms with Crippen LogP contribution in [0.1, 0.15) is 35.3 Å². The third kappa shape index (κ3) is 4.98. The molecule has 170 valence electrons. The van der Waals surface area contributed by atoms with Crippen LogP contribution in [0.15, 0.2) is 69.1 Å². The molecule has 0 bridgehead atoms. The summed E-state index contributed by atoms with van der Waals surface area (Å²) >= 11 is 0. The first-order valence-corrected chi connectivity index (χ1v) is 12.0. The van der Waals surface area contributed by atoms with E-state index in [1.54, 1.807) is 19.1 Å². The molecule has 2 heterocycles. The Kier molecular flexibility index (Phi) is 6.33. The highest BCUT2D eigenvalue weighted by Crippen LogP contribution is 2.19. The summed E-state index contributed by atoms with van der Waals surface area (Å²) in [6, 6.07) is 15.0. The summed E-state index contributed by atoms with van der Waals surface area (Å²) in [5, 5.41) is 5.15. The number of sulfonamides is 1. The van der Waals surface area contributed by atoms with Gasteiger partial charge in [0, 0.05) is 30.8 Å². The number of fused-ring (bicyclic) bond motifs is 1. The van der Waals surface area contributed by atoms with E-state index in [9.17, 15) is 18.0 Å². The Morgan fingerprint density at radius 1 is 1.09 bits per heavy atom. The number of nitrogens with zero attached hydrogens (tertiary/aromatic N) is 2. The third-order valence-corrected chi connectivity index (χ3v) is 6.69. The van der Waals surface area contributed by atoms with Gasteiger partial charge in [-0.05, 0) is 36.8 Å². The molecule has 1 unspecified atom stereocenters. The second-order valence-corrected chi connectivity index (χ2v) is 9.54. The molecule has 1 aromatic heterocycles. The van der Waals surface area contributed by atoms with Crippen molar-refractivity contribution in [2.75, 3.05) is 13.1 Å². The molecule has 9 heteroatoms. The normalized spacial score (nSPS) is 14.7. The molecular weight excluding hydrogens is 440 g/mol. The van der Waals surface area contributed by atoms with Crippen LogP contribution in [0, 0.1) is 11.8 Å². The molecule has 0 saturated carbocycles. The van der Waals surface area contributed by atoms with E-state index in [0.717, 1.165) is 5.56 Å². The number of rotatable bonds is 4. The monoisotopic (exact) mass is 464 g/mol. The van der Waals surface area contributed by atoms with Crippen molar-refractivity contribution >= 4 is 10.0 Å². The fraction of sp³-hybridized carbons (Fsp3) is 0.250. The number of nitrogens with two attached hydrogens (primary N) is 1. The van der Waals surface area contributed by atoms with Crippen LogP contribution in [-0.2, 0) is 23.0 Å². The first-order chi connectivity index (χ1) is 15.7. The molecule has 0 saturated heterocycles. The van der Waals surface area contributed by atoms with Crippen molar-refractivity contribution in [1.29, 1.82) is 0 Å². The van der Waals surface area contributed by atoms with Crippen molar-refractivity contribution in [3.05, 3.63) is 97.8 Å². The minimum absolute atomic E-state index is 0.0302. The number of aromatic amines is 1. The van der Waals surface area contributed by atoms with E-state index in [0.29, 0.717) is 42.9 Å². The molecule has 0 fully saturated rings. The molecular formula is C24H24N4O4S. The minimum Gasteiger partial charge on any atom is -0.311 e. The topological polar surface area (TPSA) is 118 Å². The number of hydrogen-bond acceptors (Lipinski definition) is 5. The highest BCUT2D eigenvalue weighted by Gasteiger charge is 2.24. The smallest absolute Gasteiger partial charge is 0.311 e. The van der Waals surface area contributed by atoms with Crippen LogP contribution in [0.2, 0.25) is 0 Å². The van der Waals surface area contributed by atoms with Gasteiger partial charge >= 0.3 is 5.69 Å². The van der Waals surface area contributed by atoms with Crippen molar-refractivity contribution < 1.29 is 8.42 Å². The van der Waals surface area contributed by atoms with Crippen molar-refractivity contribution in [2.45, 2.75) is 30.8 Å². The Morgan fingerprint density at radius 3 is 2.45 bits per heavy atom. The minimum atomic E-state index is -3.82. The highest BCUT2D eigenvalue weighted by molar-refractivity contribution is 7.89. The van der Waals surface area contributed by atoms with Crippen LogP contribution >= 0.6 is 0 Å². The van der Waals surface area contributed by atoms with Crippen molar-refractivity contribution in [3.8, 4) is 11.8 Å². The van der Waals surface area contributed by atoms with Crippen LogP contribution in [0.25, 0.3) is 0 Å². The van der Waals surface area contributed by atoms with E-state index >= 15 is 0 Å². The highest BCUT2D eigenvalue weighted by atomic mass is 32.2. The summed E-state index contributed by atoms with van der Waals surface area (Å²) < 4.78 is 24.2. The first kappa shape index (κ1) is 22.7. The largest absolute Gasteiger partial charge is 0.329 e. The van der Waals surface area contributed by atoms with Gasteiger partial charge in [-0.2, -0.15) is 0 Å². The van der Waals surface area contributed by atoms with E-state index in [-0.39, 0.29) is 10.5 Å². The van der Waals surface area contributed by atoms with Gasteiger partial charge in [-0.1, -0.05) is 42.2 Å². The zero-order valence-electron chi connectivity index (χ0n) is 18.1. The Morgan fingerprint density at radius 2 is 1.79 bits per heavy atom. The lowest BCUT2D eigenvalue weighted by molar-refractivity contribution is 0.279. The molecule has 0 amide bonds. The van der Waals surface area contributed by atoms with Gasteiger partial charge in [0.2, 0.25) is 10.0 Å². The molecule has 0 spiro atoms. The van der Waals surface area contributed by atoms with Crippen molar-refractivity contribution in [2.24, 2.45) is 5.14 Å². The second-order valence-electron chi connectivity index (χ2n) is 7.98. The Balaban J connectivity index is 1.59. The molecule has 0 aliphatic carbocycles. The zero-order valence-corrected chi connectivity index (χ0v) is 18.9. The molecule has 1 atom stereocenters. The quantitative estimate of drug-likeness (QED) is 0.563. The average molecular weight is 465 g/mol. The van der Waals surface area contributed by atoms with Gasteiger partial charge in [0.1, 0.15) is 0 Å². The van der Waals surface area contributed by atoms with Crippen LogP contribution < -0.4 is 16.4 Å². The van der Waals surface area contributed by atoms with E-state index < -0.39 is 21.8 Å². The molecule has 1 aliphatic rings. The summed E-state index contributed by atoms with van der Waals surface area (Å²) in [7, 11) is -3.82.